The van der Waals surface area contributed by atoms with Crippen molar-refractivity contribution in [2.45, 2.75) is 13.5 Å². The number of carbonyl (C=O) groups excluding carboxylic acids is 1. The molecule has 0 fully saturated rings. The van der Waals surface area contributed by atoms with Crippen LogP contribution < -0.4 is 5.32 Å². The molecule has 4 aromatic rings. The fraction of sp³-hybridized carbons (Fsp3) is 0.0870. The molecular formula is C23H19ClN4O. The summed E-state index contributed by atoms with van der Waals surface area (Å²) < 4.78 is 1.28. The predicted octanol–water partition coefficient (Wildman–Crippen LogP) is 5.21. The van der Waals surface area contributed by atoms with E-state index in [0.29, 0.717) is 28.9 Å². The second-order valence-electron chi connectivity index (χ2n) is 6.66. The van der Waals surface area contributed by atoms with Gasteiger partial charge < -0.3 is 5.32 Å². The van der Waals surface area contributed by atoms with Crippen LogP contribution in [0.4, 0.5) is 5.95 Å². The van der Waals surface area contributed by atoms with Gasteiger partial charge in [0.2, 0.25) is 5.95 Å². The monoisotopic (exact) mass is 402 g/mol. The zero-order valence-corrected chi connectivity index (χ0v) is 16.6. The summed E-state index contributed by atoms with van der Waals surface area (Å²) in [6.07, 6.45) is 0. The number of hydrogen-bond donors (Lipinski definition) is 1. The Kier molecular flexibility index (Phi) is 5.40. The molecule has 0 saturated heterocycles. The summed E-state index contributed by atoms with van der Waals surface area (Å²) in [5.74, 6) is 0.507. The number of nitrogens with one attached hydrogen (secondary N) is 1. The van der Waals surface area contributed by atoms with Crippen LogP contribution in [-0.4, -0.2) is 20.7 Å². The molecule has 6 heteroatoms. The summed E-state index contributed by atoms with van der Waals surface area (Å²) >= 11 is 6.23. The van der Waals surface area contributed by atoms with Gasteiger partial charge in [0.25, 0.3) is 5.91 Å². The van der Waals surface area contributed by atoms with E-state index in [-0.39, 0.29) is 5.91 Å². The van der Waals surface area contributed by atoms with E-state index in [2.05, 4.69) is 15.4 Å². The zero-order chi connectivity index (χ0) is 20.2. The van der Waals surface area contributed by atoms with E-state index in [9.17, 15) is 4.79 Å². The molecule has 0 bridgehead atoms. The summed E-state index contributed by atoms with van der Waals surface area (Å²) in [4.78, 5) is 17.7. The van der Waals surface area contributed by atoms with E-state index < -0.39 is 0 Å². The van der Waals surface area contributed by atoms with Crippen molar-refractivity contribution in [3.8, 4) is 11.4 Å². The number of hydrogen-bond acceptors (Lipinski definition) is 4. The SMILES string of the molecule is Cc1ccc(-c2nc(NCc3ccccc3)n(C(=O)c3ccccc3Cl)n2)cc1. The number of rotatable bonds is 5. The fourth-order valence-corrected chi connectivity index (χ4v) is 3.14. The number of benzene rings is 3. The number of halogens is 1. The molecule has 4 rings (SSSR count). The van der Waals surface area contributed by atoms with Crippen LogP contribution in [0.15, 0.2) is 78.9 Å². The topological polar surface area (TPSA) is 59.8 Å². The van der Waals surface area contributed by atoms with Gasteiger partial charge in [0.1, 0.15) is 0 Å². The molecule has 0 saturated carbocycles. The Morgan fingerprint density at radius 1 is 0.966 bits per heavy atom. The molecule has 0 spiro atoms. The molecule has 144 valence electrons. The Labute approximate surface area is 174 Å². The van der Waals surface area contributed by atoms with Gasteiger partial charge in [-0.1, -0.05) is 83.9 Å². The average Bonchev–Trinajstić information content (AvgIpc) is 3.18. The van der Waals surface area contributed by atoms with Crippen molar-refractivity contribution in [3.63, 3.8) is 0 Å². The van der Waals surface area contributed by atoms with Crippen molar-refractivity contribution in [2.75, 3.05) is 5.32 Å². The van der Waals surface area contributed by atoms with Crippen molar-refractivity contribution in [3.05, 3.63) is 101 Å². The van der Waals surface area contributed by atoms with Crippen molar-refractivity contribution in [1.82, 2.24) is 14.8 Å². The van der Waals surface area contributed by atoms with Crippen LogP contribution in [0.2, 0.25) is 5.02 Å². The molecule has 5 nitrogen and oxygen atoms in total. The summed E-state index contributed by atoms with van der Waals surface area (Å²) in [6, 6.07) is 24.7. The van der Waals surface area contributed by atoms with Gasteiger partial charge in [0, 0.05) is 12.1 Å². The molecule has 29 heavy (non-hydrogen) atoms. The van der Waals surface area contributed by atoms with Gasteiger partial charge in [-0.3, -0.25) is 4.79 Å². The van der Waals surface area contributed by atoms with Gasteiger partial charge in [-0.05, 0) is 24.6 Å². The van der Waals surface area contributed by atoms with Crippen LogP contribution in [0, 0.1) is 6.92 Å². The second kappa shape index (κ2) is 8.29. The van der Waals surface area contributed by atoms with Crippen LogP contribution in [0.25, 0.3) is 11.4 Å². The van der Waals surface area contributed by atoms with Gasteiger partial charge in [-0.15, -0.1) is 5.10 Å². The van der Waals surface area contributed by atoms with Crippen molar-refractivity contribution >= 4 is 23.5 Å². The van der Waals surface area contributed by atoms with Crippen molar-refractivity contribution in [2.24, 2.45) is 0 Å². The normalized spacial score (nSPS) is 10.7. The Morgan fingerprint density at radius 2 is 1.66 bits per heavy atom. The summed E-state index contributed by atoms with van der Waals surface area (Å²) in [7, 11) is 0. The minimum absolute atomic E-state index is 0.336. The van der Waals surface area contributed by atoms with E-state index in [0.717, 1.165) is 16.7 Å². The first-order valence-electron chi connectivity index (χ1n) is 9.23. The van der Waals surface area contributed by atoms with Gasteiger partial charge in [0.15, 0.2) is 5.82 Å². The Hall–Kier alpha value is -3.44. The van der Waals surface area contributed by atoms with Crippen LogP contribution in [0.5, 0.6) is 0 Å². The first-order chi connectivity index (χ1) is 14.1. The highest BCUT2D eigenvalue weighted by Gasteiger charge is 2.20. The molecular weight excluding hydrogens is 384 g/mol. The highest BCUT2D eigenvalue weighted by Crippen LogP contribution is 2.22. The largest absolute Gasteiger partial charge is 0.350 e. The molecule has 0 aliphatic heterocycles. The van der Waals surface area contributed by atoms with Crippen LogP contribution in [0.1, 0.15) is 21.5 Å². The molecule has 0 radical (unpaired) electrons. The standard InChI is InChI=1S/C23H19ClN4O/c1-16-11-13-18(14-12-16)21-26-23(25-15-17-7-3-2-4-8-17)28(27-21)22(29)19-9-5-6-10-20(19)24/h2-14H,15H2,1H3,(H,25,26,27). The van der Waals surface area contributed by atoms with Gasteiger partial charge >= 0.3 is 0 Å². The minimum atomic E-state index is -0.336. The van der Waals surface area contributed by atoms with E-state index >= 15 is 0 Å². The third kappa shape index (κ3) is 4.20. The Balaban J connectivity index is 1.72. The van der Waals surface area contributed by atoms with Crippen molar-refractivity contribution < 1.29 is 4.79 Å². The van der Waals surface area contributed by atoms with Crippen LogP contribution in [-0.2, 0) is 6.54 Å². The molecule has 0 atom stereocenters. The van der Waals surface area contributed by atoms with Crippen LogP contribution in [0.3, 0.4) is 0 Å². The number of aromatic nitrogens is 3. The molecule has 1 heterocycles. The van der Waals surface area contributed by atoms with Gasteiger partial charge in [-0.2, -0.15) is 9.67 Å². The first-order valence-corrected chi connectivity index (χ1v) is 9.61. The number of carbonyl (C=O) groups is 1. The maximum absolute atomic E-state index is 13.1. The molecule has 1 aromatic heterocycles. The van der Waals surface area contributed by atoms with Crippen LogP contribution >= 0.6 is 11.6 Å². The average molecular weight is 403 g/mol. The lowest BCUT2D eigenvalue weighted by Crippen LogP contribution is -2.18. The van der Waals surface area contributed by atoms with E-state index in [4.69, 9.17) is 11.6 Å². The number of nitrogens with zero attached hydrogens (tertiary/aromatic N) is 3. The fourth-order valence-electron chi connectivity index (χ4n) is 2.92. The maximum Gasteiger partial charge on any atom is 0.282 e. The molecule has 1 N–H and O–H groups in total. The second-order valence-corrected chi connectivity index (χ2v) is 7.07. The molecule has 0 aliphatic rings. The lowest BCUT2D eigenvalue weighted by Gasteiger charge is -2.08. The predicted molar refractivity (Wildman–Crippen MR) is 115 cm³/mol. The molecule has 0 unspecified atom stereocenters. The molecule has 3 aromatic carbocycles. The third-order valence-electron chi connectivity index (χ3n) is 4.51. The lowest BCUT2D eigenvalue weighted by molar-refractivity contribution is 0.0947. The van der Waals surface area contributed by atoms with Gasteiger partial charge in [0.05, 0.1) is 10.6 Å². The smallest absolute Gasteiger partial charge is 0.282 e. The first kappa shape index (κ1) is 18.9. The van der Waals surface area contributed by atoms with Gasteiger partial charge in [-0.25, -0.2) is 0 Å². The number of anilines is 1. The van der Waals surface area contributed by atoms with E-state index in [1.807, 2.05) is 61.5 Å². The molecule has 0 amide bonds. The highest BCUT2D eigenvalue weighted by atomic mass is 35.5. The third-order valence-corrected chi connectivity index (χ3v) is 4.84. The Morgan fingerprint density at radius 3 is 2.38 bits per heavy atom. The summed E-state index contributed by atoms with van der Waals surface area (Å²) in [6.45, 7) is 2.53. The Bertz CT molecular complexity index is 1140. The molecule has 0 aliphatic carbocycles. The maximum atomic E-state index is 13.1. The van der Waals surface area contributed by atoms with E-state index in [1.54, 1.807) is 24.3 Å². The van der Waals surface area contributed by atoms with Crippen molar-refractivity contribution in [1.29, 1.82) is 0 Å². The zero-order valence-electron chi connectivity index (χ0n) is 15.8. The number of aryl methyl sites for hydroxylation is 1. The summed E-state index contributed by atoms with van der Waals surface area (Å²) in [5, 5.41) is 8.08. The lowest BCUT2D eigenvalue weighted by atomic mass is 10.1. The minimum Gasteiger partial charge on any atom is -0.350 e. The van der Waals surface area contributed by atoms with E-state index in [1.165, 1.54) is 4.68 Å². The highest BCUT2D eigenvalue weighted by molar-refractivity contribution is 6.33. The quantitative estimate of drug-likeness (QED) is 0.498. The summed E-state index contributed by atoms with van der Waals surface area (Å²) in [5.41, 5.74) is 3.42.